The summed E-state index contributed by atoms with van der Waals surface area (Å²) in [7, 11) is 0. The number of likely N-dealkylation sites (tertiary alicyclic amines) is 1. The maximum absolute atomic E-state index is 12.5. The minimum atomic E-state index is -0.188. The number of halogens is 1. The molecule has 1 aromatic rings. The standard InChI is InChI=1S/C18H25BrN4O3/c19-15-4-5-16(24)23(12-15)14-18(26)22-10-8-20(9-11-22)13-17(25)21-6-2-1-3-7-21/h4-5,12H,1-3,6-11,13-14H2. The smallest absolute Gasteiger partial charge is 0.251 e. The molecule has 0 N–H and O–H groups in total. The lowest BCUT2D eigenvalue weighted by molar-refractivity contribution is -0.136. The van der Waals surface area contributed by atoms with Crippen molar-refractivity contribution in [1.82, 2.24) is 19.3 Å². The van der Waals surface area contributed by atoms with E-state index in [0.29, 0.717) is 32.7 Å². The molecule has 0 spiro atoms. The lowest BCUT2D eigenvalue weighted by atomic mass is 10.1. The molecule has 2 aliphatic rings. The van der Waals surface area contributed by atoms with Crippen LogP contribution in [0.15, 0.2) is 27.6 Å². The van der Waals surface area contributed by atoms with Gasteiger partial charge in [0.2, 0.25) is 11.8 Å². The number of hydrogen-bond acceptors (Lipinski definition) is 4. The van der Waals surface area contributed by atoms with Crippen LogP contribution in [0.4, 0.5) is 0 Å². The minimum absolute atomic E-state index is 0.0466. The van der Waals surface area contributed by atoms with Crippen LogP contribution in [-0.4, -0.2) is 76.9 Å². The number of hydrogen-bond donors (Lipinski definition) is 0. The van der Waals surface area contributed by atoms with Gasteiger partial charge in [-0.15, -0.1) is 0 Å². The van der Waals surface area contributed by atoms with Gasteiger partial charge in [-0.2, -0.15) is 0 Å². The Morgan fingerprint density at radius 1 is 0.846 bits per heavy atom. The molecule has 0 aromatic carbocycles. The molecule has 2 saturated heterocycles. The summed E-state index contributed by atoms with van der Waals surface area (Å²) in [6, 6.07) is 3.11. The molecule has 142 valence electrons. The number of carbonyl (C=O) groups is 2. The predicted molar refractivity (Wildman–Crippen MR) is 102 cm³/mol. The molecular weight excluding hydrogens is 400 g/mol. The number of aromatic nitrogens is 1. The van der Waals surface area contributed by atoms with Crippen molar-refractivity contribution in [2.45, 2.75) is 25.8 Å². The first-order chi connectivity index (χ1) is 12.5. The molecule has 0 saturated carbocycles. The van der Waals surface area contributed by atoms with E-state index in [9.17, 15) is 14.4 Å². The molecule has 1 aromatic heterocycles. The summed E-state index contributed by atoms with van der Waals surface area (Å²) in [5.41, 5.74) is -0.188. The van der Waals surface area contributed by atoms with E-state index in [1.807, 2.05) is 4.90 Å². The Kier molecular flexibility index (Phi) is 6.48. The first-order valence-corrected chi connectivity index (χ1v) is 9.96. The fourth-order valence-electron chi connectivity index (χ4n) is 3.46. The van der Waals surface area contributed by atoms with Gasteiger partial charge in [0.25, 0.3) is 5.56 Å². The summed E-state index contributed by atoms with van der Waals surface area (Å²) in [5.74, 6) is 0.136. The fraction of sp³-hybridized carbons (Fsp3) is 0.611. The molecule has 7 nitrogen and oxygen atoms in total. The van der Waals surface area contributed by atoms with Gasteiger partial charge in [0, 0.05) is 56.0 Å². The molecule has 2 amide bonds. The van der Waals surface area contributed by atoms with E-state index in [1.54, 1.807) is 17.2 Å². The van der Waals surface area contributed by atoms with Gasteiger partial charge in [-0.3, -0.25) is 19.3 Å². The monoisotopic (exact) mass is 424 g/mol. The van der Waals surface area contributed by atoms with E-state index >= 15 is 0 Å². The van der Waals surface area contributed by atoms with E-state index in [0.717, 1.165) is 30.4 Å². The molecule has 2 aliphatic heterocycles. The SMILES string of the molecule is O=C(CN1CCN(C(=O)Cn2cc(Br)ccc2=O)CC1)N1CCCCC1. The van der Waals surface area contributed by atoms with Crippen LogP contribution in [0.25, 0.3) is 0 Å². The summed E-state index contributed by atoms with van der Waals surface area (Å²) >= 11 is 3.32. The first kappa shape index (κ1) is 19.1. The van der Waals surface area contributed by atoms with E-state index in [-0.39, 0.29) is 23.9 Å². The zero-order valence-corrected chi connectivity index (χ0v) is 16.5. The van der Waals surface area contributed by atoms with Crippen LogP contribution in [0.3, 0.4) is 0 Å². The van der Waals surface area contributed by atoms with Gasteiger partial charge in [-0.05, 0) is 41.3 Å². The second kappa shape index (κ2) is 8.81. The van der Waals surface area contributed by atoms with Crippen LogP contribution in [0.5, 0.6) is 0 Å². The van der Waals surface area contributed by atoms with Gasteiger partial charge in [0.05, 0.1) is 6.54 Å². The first-order valence-electron chi connectivity index (χ1n) is 9.17. The van der Waals surface area contributed by atoms with Crippen molar-refractivity contribution in [3.8, 4) is 0 Å². The number of piperazine rings is 1. The highest BCUT2D eigenvalue weighted by atomic mass is 79.9. The number of rotatable bonds is 4. The molecule has 0 aliphatic carbocycles. The fourth-order valence-corrected chi connectivity index (χ4v) is 3.84. The molecule has 2 fully saturated rings. The topological polar surface area (TPSA) is 65.9 Å². The molecule has 0 radical (unpaired) electrons. The Hall–Kier alpha value is -1.67. The van der Waals surface area contributed by atoms with Crippen molar-refractivity contribution in [3.63, 3.8) is 0 Å². The average Bonchev–Trinajstić information content (AvgIpc) is 2.66. The normalized spacial score (nSPS) is 18.8. The van der Waals surface area contributed by atoms with Crippen molar-refractivity contribution in [3.05, 3.63) is 33.2 Å². The molecule has 0 unspecified atom stereocenters. The van der Waals surface area contributed by atoms with E-state index < -0.39 is 0 Å². The molecule has 3 rings (SSSR count). The van der Waals surface area contributed by atoms with Gasteiger partial charge < -0.3 is 14.4 Å². The Balaban J connectivity index is 1.47. The zero-order valence-electron chi connectivity index (χ0n) is 14.9. The molecule has 8 heteroatoms. The number of pyridine rings is 1. The molecule has 3 heterocycles. The Morgan fingerprint density at radius 3 is 2.15 bits per heavy atom. The zero-order chi connectivity index (χ0) is 18.5. The number of carbonyl (C=O) groups excluding carboxylic acids is 2. The second-order valence-electron chi connectivity index (χ2n) is 6.91. The van der Waals surface area contributed by atoms with E-state index in [4.69, 9.17) is 0 Å². The highest BCUT2D eigenvalue weighted by Crippen LogP contribution is 2.11. The number of nitrogens with zero attached hydrogens (tertiary/aromatic N) is 4. The Labute approximate surface area is 161 Å². The number of amides is 2. The second-order valence-corrected chi connectivity index (χ2v) is 7.83. The van der Waals surface area contributed by atoms with Gasteiger partial charge in [-0.25, -0.2) is 0 Å². The third-order valence-electron chi connectivity index (χ3n) is 5.05. The quantitative estimate of drug-likeness (QED) is 0.715. The predicted octanol–water partition coefficient (Wildman–Crippen LogP) is 0.768. The lowest BCUT2D eigenvalue weighted by Crippen LogP contribution is -2.52. The van der Waals surface area contributed by atoms with Crippen molar-refractivity contribution < 1.29 is 9.59 Å². The van der Waals surface area contributed by atoms with Crippen molar-refractivity contribution in [2.24, 2.45) is 0 Å². The van der Waals surface area contributed by atoms with E-state index in [2.05, 4.69) is 20.8 Å². The summed E-state index contributed by atoms with van der Waals surface area (Å²) < 4.78 is 2.18. The summed E-state index contributed by atoms with van der Waals surface area (Å²) in [6.45, 7) is 4.80. The van der Waals surface area contributed by atoms with Crippen LogP contribution < -0.4 is 5.56 Å². The van der Waals surface area contributed by atoms with Gasteiger partial charge >= 0.3 is 0 Å². The van der Waals surface area contributed by atoms with Crippen LogP contribution in [0.1, 0.15) is 19.3 Å². The Morgan fingerprint density at radius 2 is 1.46 bits per heavy atom. The van der Waals surface area contributed by atoms with Crippen molar-refractivity contribution in [1.29, 1.82) is 0 Å². The third-order valence-corrected chi connectivity index (χ3v) is 5.51. The van der Waals surface area contributed by atoms with Crippen molar-refractivity contribution in [2.75, 3.05) is 45.8 Å². The van der Waals surface area contributed by atoms with Crippen molar-refractivity contribution >= 4 is 27.7 Å². The van der Waals surface area contributed by atoms with E-state index in [1.165, 1.54) is 17.1 Å². The van der Waals surface area contributed by atoms with Gasteiger partial charge in [0.1, 0.15) is 6.54 Å². The number of piperidine rings is 1. The lowest BCUT2D eigenvalue weighted by Gasteiger charge is -2.36. The minimum Gasteiger partial charge on any atom is -0.342 e. The largest absolute Gasteiger partial charge is 0.342 e. The van der Waals surface area contributed by atoms with Gasteiger partial charge in [-0.1, -0.05) is 0 Å². The van der Waals surface area contributed by atoms with Crippen LogP contribution in [0.2, 0.25) is 0 Å². The maximum atomic E-state index is 12.5. The summed E-state index contributed by atoms with van der Waals surface area (Å²) in [4.78, 5) is 42.5. The average molecular weight is 425 g/mol. The molecule has 0 bridgehead atoms. The molecule has 26 heavy (non-hydrogen) atoms. The van der Waals surface area contributed by atoms with Crippen LogP contribution in [0, 0.1) is 0 Å². The molecular formula is C18H25BrN4O3. The third kappa shape index (κ3) is 4.94. The summed E-state index contributed by atoms with van der Waals surface area (Å²) in [5, 5.41) is 0. The van der Waals surface area contributed by atoms with Crippen LogP contribution in [-0.2, 0) is 16.1 Å². The summed E-state index contributed by atoms with van der Waals surface area (Å²) in [6.07, 6.45) is 5.05. The highest BCUT2D eigenvalue weighted by Gasteiger charge is 2.25. The maximum Gasteiger partial charge on any atom is 0.251 e. The van der Waals surface area contributed by atoms with Gasteiger partial charge in [0.15, 0.2) is 0 Å². The molecule has 0 atom stereocenters. The van der Waals surface area contributed by atoms with Crippen LogP contribution >= 0.6 is 15.9 Å². The highest BCUT2D eigenvalue weighted by molar-refractivity contribution is 9.10. The Bertz CT molecular complexity index is 707.